The summed E-state index contributed by atoms with van der Waals surface area (Å²) in [5.74, 6) is 0.444. The van der Waals surface area contributed by atoms with Gasteiger partial charge in [0.05, 0.1) is 42.2 Å². The van der Waals surface area contributed by atoms with Crippen LogP contribution >= 0.6 is 0 Å². The van der Waals surface area contributed by atoms with Gasteiger partial charge in [-0.2, -0.15) is 10.2 Å². The number of amides is 1. The number of nitrogen functional groups attached to an aromatic ring is 1. The van der Waals surface area contributed by atoms with Gasteiger partial charge in [-0.05, 0) is 49.4 Å². The fraction of sp³-hybridized carbons (Fsp3) is 0.448. The van der Waals surface area contributed by atoms with Crippen molar-refractivity contribution < 1.29 is 19.4 Å². The van der Waals surface area contributed by atoms with Gasteiger partial charge in [-0.15, -0.1) is 0 Å². The summed E-state index contributed by atoms with van der Waals surface area (Å²) in [4.78, 5) is 20.0. The van der Waals surface area contributed by atoms with Gasteiger partial charge in [0.1, 0.15) is 11.8 Å². The highest BCUT2D eigenvalue weighted by Crippen LogP contribution is 2.47. The van der Waals surface area contributed by atoms with Gasteiger partial charge in [0, 0.05) is 43.6 Å². The summed E-state index contributed by atoms with van der Waals surface area (Å²) in [6.07, 6.45) is 5.39. The number of ether oxygens (including phenoxy) is 2. The first kappa shape index (κ1) is 25.2. The maximum Gasteiger partial charge on any atom is 0.233 e. The van der Waals surface area contributed by atoms with Crippen molar-refractivity contribution in [2.75, 3.05) is 45.3 Å². The number of nitrogens with zero attached hydrogens (tertiary/aromatic N) is 6. The van der Waals surface area contributed by atoms with E-state index in [2.05, 4.69) is 32.0 Å². The number of rotatable bonds is 5. The summed E-state index contributed by atoms with van der Waals surface area (Å²) < 4.78 is 14.9. The van der Waals surface area contributed by atoms with Crippen LogP contribution in [0.3, 0.4) is 0 Å². The largest absolute Gasteiger partial charge is 0.393 e. The SMILES string of the molecule is Nc1ncnn2c(-c3cccc(C4(C(=O)N5CCOCC5)CC(O)C4)c3)cc(-c3ccnn3C3CCOCC3)c12. The van der Waals surface area contributed by atoms with Crippen LogP contribution in [0.2, 0.25) is 0 Å². The molecule has 11 heteroatoms. The molecular formula is C29H33N7O4. The van der Waals surface area contributed by atoms with Gasteiger partial charge < -0.3 is 25.2 Å². The lowest BCUT2D eigenvalue weighted by Gasteiger charge is -2.47. The molecule has 7 rings (SSSR count). The van der Waals surface area contributed by atoms with E-state index in [0.717, 1.165) is 46.4 Å². The number of benzene rings is 1. The Kier molecular flexibility index (Phi) is 6.29. The molecule has 1 amide bonds. The summed E-state index contributed by atoms with van der Waals surface area (Å²) in [5.41, 5.74) is 10.9. The van der Waals surface area contributed by atoms with E-state index in [1.165, 1.54) is 6.33 Å². The van der Waals surface area contributed by atoms with Gasteiger partial charge in [-0.1, -0.05) is 18.2 Å². The fourth-order valence-electron chi connectivity index (χ4n) is 6.54. The molecule has 4 aromatic rings. The highest BCUT2D eigenvalue weighted by molar-refractivity contribution is 5.92. The zero-order valence-electron chi connectivity index (χ0n) is 22.3. The number of aliphatic hydroxyl groups is 1. The van der Waals surface area contributed by atoms with E-state index in [0.29, 0.717) is 58.2 Å². The summed E-state index contributed by atoms with van der Waals surface area (Å²) in [7, 11) is 0. The first-order valence-electron chi connectivity index (χ1n) is 13.9. The summed E-state index contributed by atoms with van der Waals surface area (Å²) in [6, 6.07) is 12.4. The van der Waals surface area contributed by atoms with Crippen LogP contribution in [0, 0.1) is 0 Å². The standard InChI is InChI=1S/C29H33N7O4/c30-27-26-23(24-4-7-32-35(24)21-5-10-39-11-6-21)15-25(36(26)33-18-31-27)19-2-1-3-20(14-19)29(16-22(37)17-29)28(38)34-8-12-40-13-9-34/h1-4,7,14-15,18,21-22,37H,5-6,8-13,16-17H2,(H2,30,31,33). The van der Waals surface area contributed by atoms with Gasteiger partial charge in [0.15, 0.2) is 5.82 Å². The maximum absolute atomic E-state index is 13.8. The van der Waals surface area contributed by atoms with Crippen molar-refractivity contribution in [1.82, 2.24) is 29.3 Å². The van der Waals surface area contributed by atoms with Crippen LogP contribution in [-0.2, 0) is 19.7 Å². The minimum Gasteiger partial charge on any atom is -0.393 e. The zero-order chi connectivity index (χ0) is 27.3. The van der Waals surface area contributed by atoms with Crippen molar-refractivity contribution in [1.29, 1.82) is 0 Å². The first-order chi connectivity index (χ1) is 19.5. The molecule has 1 aromatic carbocycles. The summed E-state index contributed by atoms with van der Waals surface area (Å²) >= 11 is 0. The Balaban J connectivity index is 1.32. The third kappa shape index (κ3) is 4.07. The molecule has 0 atom stereocenters. The molecule has 40 heavy (non-hydrogen) atoms. The number of hydrogen-bond donors (Lipinski definition) is 2. The number of morpholine rings is 1. The lowest BCUT2D eigenvalue weighted by Crippen LogP contribution is -2.58. The molecule has 2 aliphatic heterocycles. The second kappa shape index (κ2) is 9.99. The van der Waals surface area contributed by atoms with Gasteiger partial charge in [-0.3, -0.25) is 9.48 Å². The van der Waals surface area contributed by atoms with Gasteiger partial charge in [0.25, 0.3) is 0 Å². The molecule has 0 radical (unpaired) electrons. The third-order valence-corrected chi connectivity index (χ3v) is 8.65. The Labute approximate surface area is 231 Å². The van der Waals surface area contributed by atoms with Crippen LogP contribution in [0.4, 0.5) is 5.82 Å². The molecule has 1 saturated carbocycles. The average Bonchev–Trinajstić information content (AvgIpc) is 3.62. The number of aliphatic hydroxyl groups excluding tert-OH is 1. The highest BCUT2D eigenvalue weighted by Gasteiger charge is 2.52. The Morgan fingerprint density at radius 2 is 1.77 bits per heavy atom. The topological polar surface area (TPSA) is 133 Å². The van der Waals surface area contributed by atoms with E-state index < -0.39 is 11.5 Å². The Hall–Kier alpha value is -3.80. The summed E-state index contributed by atoms with van der Waals surface area (Å²) in [6.45, 7) is 3.64. The lowest BCUT2D eigenvalue weighted by atomic mass is 9.61. The van der Waals surface area contributed by atoms with Gasteiger partial charge >= 0.3 is 0 Å². The number of hydrogen-bond acceptors (Lipinski definition) is 8. The Bertz CT molecular complexity index is 1550. The smallest absolute Gasteiger partial charge is 0.233 e. The number of aromatic nitrogens is 5. The zero-order valence-corrected chi connectivity index (χ0v) is 22.3. The second-order valence-electron chi connectivity index (χ2n) is 11.0. The Morgan fingerprint density at radius 3 is 2.55 bits per heavy atom. The van der Waals surface area contributed by atoms with Crippen molar-refractivity contribution in [3.63, 3.8) is 0 Å². The molecule has 11 nitrogen and oxygen atoms in total. The van der Waals surface area contributed by atoms with E-state index >= 15 is 0 Å². The molecular weight excluding hydrogens is 510 g/mol. The van der Waals surface area contributed by atoms with Crippen molar-refractivity contribution in [2.24, 2.45) is 0 Å². The lowest BCUT2D eigenvalue weighted by molar-refractivity contribution is -0.150. The molecule has 2 saturated heterocycles. The van der Waals surface area contributed by atoms with E-state index in [1.807, 2.05) is 39.9 Å². The molecule has 1 aliphatic carbocycles. The number of carbonyl (C=O) groups excluding carboxylic acids is 1. The summed E-state index contributed by atoms with van der Waals surface area (Å²) in [5, 5.41) is 19.6. The fourth-order valence-corrected chi connectivity index (χ4v) is 6.54. The molecule has 0 bridgehead atoms. The van der Waals surface area contributed by atoms with Crippen LogP contribution in [0.25, 0.3) is 28.0 Å². The molecule has 208 valence electrons. The van der Waals surface area contributed by atoms with E-state index in [-0.39, 0.29) is 11.9 Å². The molecule has 0 unspecified atom stereocenters. The van der Waals surface area contributed by atoms with Crippen LogP contribution in [0.5, 0.6) is 0 Å². The first-order valence-corrected chi connectivity index (χ1v) is 13.9. The highest BCUT2D eigenvalue weighted by atomic mass is 16.5. The number of anilines is 1. The monoisotopic (exact) mass is 543 g/mol. The molecule has 3 aromatic heterocycles. The molecule has 3 N–H and O–H groups in total. The normalized spacial score (nSPS) is 23.8. The van der Waals surface area contributed by atoms with Crippen LogP contribution < -0.4 is 5.73 Å². The van der Waals surface area contributed by atoms with Gasteiger partial charge in [-0.25, -0.2) is 9.50 Å². The quantitative estimate of drug-likeness (QED) is 0.392. The maximum atomic E-state index is 13.8. The predicted molar refractivity (Wildman–Crippen MR) is 147 cm³/mol. The average molecular weight is 544 g/mol. The predicted octanol–water partition coefficient (Wildman–Crippen LogP) is 2.44. The third-order valence-electron chi connectivity index (χ3n) is 8.65. The second-order valence-corrected chi connectivity index (χ2v) is 11.0. The Morgan fingerprint density at radius 1 is 1.00 bits per heavy atom. The molecule has 0 spiro atoms. The van der Waals surface area contributed by atoms with Gasteiger partial charge in [0.2, 0.25) is 5.91 Å². The molecule has 3 fully saturated rings. The van der Waals surface area contributed by atoms with Crippen LogP contribution in [0.15, 0.2) is 48.9 Å². The van der Waals surface area contributed by atoms with Crippen molar-refractivity contribution in [2.45, 2.75) is 43.2 Å². The molecule has 5 heterocycles. The van der Waals surface area contributed by atoms with E-state index in [4.69, 9.17) is 15.2 Å². The number of fused-ring (bicyclic) bond motifs is 1. The van der Waals surface area contributed by atoms with Crippen molar-refractivity contribution in [3.8, 4) is 22.5 Å². The number of carbonyl (C=O) groups is 1. The van der Waals surface area contributed by atoms with Crippen LogP contribution in [-0.4, -0.2) is 85.9 Å². The molecule has 3 aliphatic rings. The minimum atomic E-state index is -0.752. The van der Waals surface area contributed by atoms with Crippen molar-refractivity contribution >= 4 is 17.2 Å². The van der Waals surface area contributed by atoms with E-state index in [1.54, 1.807) is 0 Å². The van der Waals surface area contributed by atoms with E-state index in [9.17, 15) is 9.90 Å². The minimum absolute atomic E-state index is 0.0610. The van der Waals surface area contributed by atoms with Crippen molar-refractivity contribution in [3.05, 3.63) is 54.5 Å². The number of nitrogens with two attached hydrogens (primary N) is 1. The van der Waals surface area contributed by atoms with Crippen LogP contribution in [0.1, 0.15) is 37.3 Å².